The molecule has 1 atom stereocenters. The van der Waals surface area contributed by atoms with E-state index in [4.69, 9.17) is 0 Å². The van der Waals surface area contributed by atoms with Crippen LogP contribution < -0.4 is 0 Å². The van der Waals surface area contributed by atoms with Gasteiger partial charge in [-0.25, -0.2) is 14.1 Å². The first-order chi connectivity index (χ1) is 8.65. The second-order valence-electron chi connectivity index (χ2n) is 3.86. The molecule has 1 aromatic carbocycles. The van der Waals surface area contributed by atoms with E-state index in [9.17, 15) is 19.1 Å². The van der Waals surface area contributed by atoms with Gasteiger partial charge in [0.1, 0.15) is 12.4 Å². The quantitative estimate of drug-likeness (QED) is 0.868. The number of carbonyl (C=O) groups is 2. The molecule has 2 rings (SSSR count). The van der Waals surface area contributed by atoms with Gasteiger partial charge in [-0.3, -0.25) is 4.79 Å². The molecular formula is C12H12FNO4. The van der Waals surface area contributed by atoms with Crippen LogP contribution in [0.1, 0.15) is 11.5 Å². The molecule has 1 aliphatic rings. The van der Waals surface area contributed by atoms with Gasteiger partial charge in [0, 0.05) is 5.56 Å². The van der Waals surface area contributed by atoms with Crippen molar-refractivity contribution in [2.45, 2.75) is 5.92 Å². The van der Waals surface area contributed by atoms with Crippen molar-refractivity contribution >= 4 is 12.0 Å². The molecule has 2 amide bonds. The number of imide groups is 1. The minimum absolute atomic E-state index is 0.0738. The van der Waals surface area contributed by atoms with E-state index in [0.29, 0.717) is 0 Å². The smallest absolute Gasteiger partial charge is 0.416 e. The zero-order chi connectivity index (χ0) is 13.1. The molecule has 0 spiro atoms. The van der Waals surface area contributed by atoms with Gasteiger partial charge >= 0.3 is 6.09 Å². The number of hydrogen-bond donors (Lipinski definition) is 1. The van der Waals surface area contributed by atoms with Gasteiger partial charge in [-0.2, -0.15) is 0 Å². The van der Waals surface area contributed by atoms with E-state index >= 15 is 0 Å². The van der Waals surface area contributed by atoms with Crippen LogP contribution in [-0.4, -0.2) is 41.8 Å². The summed E-state index contributed by atoms with van der Waals surface area (Å²) < 4.78 is 18.2. The lowest BCUT2D eigenvalue weighted by Gasteiger charge is -2.19. The molecule has 1 N–H and O–H groups in total. The van der Waals surface area contributed by atoms with Crippen LogP contribution in [0.15, 0.2) is 24.3 Å². The number of nitrogens with zero attached hydrogens (tertiary/aromatic N) is 1. The molecule has 0 saturated carbocycles. The number of benzene rings is 1. The van der Waals surface area contributed by atoms with Crippen molar-refractivity contribution in [1.29, 1.82) is 0 Å². The Hall–Kier alpha value is -1.95. The molecule has 0 radical (unpaired) electrons. The molecule has 1 aliphatic heterocycles. The molecule has 0 bridgehead atoms. The Morgan fingerprint density at radius 2 is 2.22 bits per heavy atom. The SMILES string of the molecule is O=C1OCCN1C(=O)C(CO)c1ccccc1F. The maximum atomic E-state index is 13.6. The lowest BCUT2D eigenvalue weighted by Crippen LogP contribution is -2.37. The Morgan fingerprint density at radius 1 is 1.50 bits per heavy atom. The van der Waals surface area contributed by atoms with Gasteiger partial charge in [0.05, 0.1) is 19.1 Å². The zero-order valence-electron chi connectivity index (χ0n) is 9.51. The van der Waals surface area contributed by atoms with Crippen LogP contribution in [0.2, 0.25) is 0 Å². The monoisotopic (exact) mass is 253 g/mol. The van der Waals surface area contributed by atoms with Crippen molar-refractivity contribution in [2.24, 2.45) is 0 Å². The summed E-state index contributed by atoms with van der Waals surface area (Å²) in [6.07, 6.45) is -0.755. The molecule has 1 heterocycles. The largest absolute Gasteiger partial charge is 0.447 e. The Morgan fingerprint density at radius 3 is 2.78 bits per heavy atom. The highest BCUT2D eigenvalue weighted by molar-refractivity contribution is 5.96. The molecule has 1 fully saturated rings. The molecule has 1 unspecified atom stereocenters. The summed E-state index contributed by atoms with van der Waals surface area (Å²) in [4.78, 5) is 24.2. The lowest BCUT2D eigenvalue weighted by molar-refractivity contribution is -0.130. The van der Waals surface area contributed by atoms with Crippen LogP contribution in [0.4, 0.5) is 9.18 Å². The average molecular weight is 253 g/mol. The van der Waals surface area contributed by atoms with Crippen LogP contribution in [0.3, 0.4) is 0 Å². The van der Waals surface area contributed by atoms with Crippen LogP contribution >= 0.6 is 0 Å². The maximum Gasteiger partial charge on any atom is 0.416 e. The van der Waals surface area contributed by atoms with Crippen LogP contribution in [0.25, 0.3) is 0 Å². The van der Waals surface area contributed by atoms with Gasteiger partial charge in [0.25, 0.3) is 0 Å². The molecule has 0 aliphatic carbocycles. The summed E-state index contributed by atoms with van der Waals surface area (Å²) in [5.41, 5.74) is 0.0738. The highest BCUT2D eigenvalue weighted by Gasteiger charge is 2.34. The predicted octanol–water partition coefficient (Wildman–Crippen LogP) is 0.880. The number of rotatable bonds is 3. The zero-order valence-corrected chi connectivity index (χ0v) is 9.51. The first kappa shape index (κ1) is 12.5. The molecule has 1 saturated heterocycles. The van der Waals surface area contributed by atoms with Crippen LogP contribution in [0, 0.1) is 5.82 Å². The average Bonchev–Trinajstić information content (AvgIpc) is 2.78. The number of hydrogen-bond acceptors (Lipinski definition) is 4. The van der Waals surface area contributed by atoms with Gasteiger partial charge in [-0.15, -0.1) is 0 Å². The van der Waals surface area contributed by atoms with Gasteiger partial charge in [-0.05, 0) is 6.07 Å². The van der Waals surface area contributed by atoms with E-state index in [-0.39, 0.29) is 18.7 Å². The third-order valence-electron chi connectivity index (χ3n) is 2.79. The first-order valence-corrected chi connectivity index (χ1v) is 5.48. The van der Waals surface area contributed by atoms with E-state index in [1.165, 1.54) is 18.2 Å². The van der Waals surface area contributed by atoms with Gasteiger partial charge < -0.3 is 9.84 Å². The maximum absolute atomic E-state index is 13.6. The lowest BCUT2D eigenvalue weighted by atomic mass is 9.98. The standard InChI is InChI=1S/C12H12FNO4/c13-10-4-2-1-3-8(10)9(7-15)11(16)14-5-6-18-12(14)17/h1-4,9,15H,5-7H2. The van der Waals surface area contributed by atoms with Gasteiger partial charge in [-0.1, -0.05) is 18.2 Å². The Labute approximate surface area is 103 Å². The summed E-state index contributed by atoms with van der Waals surface area (Å²) in [7, 11) is 0. The number of carbonyl (C=O) groups excluding carboxylic acids is 2. The second-order valence-corrected chi connectivity index (χ2v) is 3.86. The highest BCUT2D eigenvalue weighted by Crippen LogP contribution is 2.22. The Bertz CT molecular complexity index is 477. The van der Waals surface area contributed by atoms with Crippen molar-refractivity contribution in [2.75, 3.05) is 19.8 Å². The van der Waals surface area contributed by atoms with Crippen LogP contribution in [0.5, 0.6) is 0 Å². The highest BCUT2D eigenvalue weighted by atomic mass is 19.1. The third-order valence-corrected chi connectivity index (χ3v) is 2.79. The van der Waals surface area contributed by atoms with Crippen LogP contribution in [-0.2, 0) is 9.53 Å². The minimum Gasteiger partial charge on any atom is -0.447 e. The summed E-state index contributed by atoms with van der Waals surface area (Å²) in [6.45, 7) is -0.313. The summed E-state index contributed by atoms with van der Waals surface area (Å²) in [6, 6.07) is 5.67. The number of aliphatic hydroxyl groups excluding tert-OH is 1. The molecule has 6 heteroatoms. The Balaban J connectivity index is 2.26. The van der Waals surface area contributed by atoms with Crippen molar-refractivity contribution in [1.82, 2.24) is 4.90 Å². The van der Waals surface area contributed by atoms with Crippen molar-refractivity contribution in [3.8, 4) is 0 Å². The summed E-state index contributed by atoms with van der Waals surface area (Å²) >= 11 is 0. The molecule has 96 valence electrons. The van der Waals surface area contributed by atoms with E-state index in [1.54, 1.807) is 6.07 Å². The molecule has 0 aromatic heterocycles. The van der Waals surface area contributed by atoms with Crippen molar-refractivity contribution in [3.63, 3.8) is 0 Å². The minimum atomic E-state index is -1.09. The van der Waals surface area contributed by atoms with E-state index < -0.39 is 30.3 Å². The fraction of sp³-hybridized carbons (Fsp3) is 0.333. The number of aliphatic hydroxyl groups is 1. The number of ether oxygens (including phenoxy) is 1. The first-order valence-electron chi connectivity index (χ1n) is 5.48. The second kappa shape index (κ2) is 5.14. The van der Waals surface area contributed by atoms with Crippen molar-refractivity contribution in [3.05, 3.63) is 35.6 Å². The van der Waals surface area contributed by atoms with Gasteiger partial charge in [0.15, 0.2) is 0 Å². The predicted molar refractivity (Wildman–Crippen MR) is 59.3 cm³/mol. The molecule has 1 aromatic rings. The van der Waals surface area contributed by atoms with Gasteiger partial charge in [0.2, 0.25) is 5.91 Å². The molecule has 5 nitrogen and oxygen atoms in total. The molecular weight excluding hydrogens is 241 g/mol. The summed E-state index contributed by atoms with van der Waals surface area (Å²) in [5, 5.41) is 9.25. The third kappa shape index (κ3) is 2.19. The Kier molecular flexibility index (Phi) is 3.57. The number of amides is 2. The molecule has 18 heavy (non-hydrogen) atoms. The number of cyclic esters (lactones) is 1. The topological polar surface area (TPSA) is 66.8 Å². The number of halogens is 1. The van der Waals surface area contributed by atoms with E-state index in [2.05, 4.69) is 4.74 Å². The van der Waals surface area contributed by atoms with Crippen molar-refractivity contribution < 1.29 is 23.8 Å². The van der Waals surface area contributed by atoms with E-state index in [0.717, 1.165) is 4.90 Å². The summed E-state index contributed by atoms with van der Waals surface area (Å²) in [5.74, 6) is -2.32. The van der Waals surface area contributed by atoms with E-state index in [1.807, 2.05) is 0 Å². The fourth-order valence-electron chi connectivity index (χ4n) is 1.85. The normalized spacial score (nSPS) is 16.6. The fourth-order valence-corrected chi connectivity index (χ4v) is 1.85.